The van der Waals surface area contributed by atoms with Crippen LogP contribution in [0.1, 0.15) is 137 Å². The van der Waals surface area contributed by atoms with Gasteiger partial charge in [-0.15, -0.1) is 0 Å². The van der Waals surface area contributed by atoms with E-state index in [9.17, 15) is 0 Å². The van der Waals surface area contributed by atoms with E-state index in [1.165, 1.54) is 103 Å². The van der Waals surface area contributed by atoms with Crippen LogP contribution in [-0.2, 0) is 11.8 Å². The average molecular weight is 655 g/mol. The molecule has 4 bridgehead atoms. The van der Waals surface area contributed by atoms with Crippen molar-refractivity contribution >= 4 is 11.6 Å². The van der Waals surface area contributed by atoms with E-state index >= 15 is 0 Å². The Morgan fingerprint density at radius 3 is 1.98 bits per heavy atom. The highest BCUT2D eigenvalue weighted by Gasteiger charge is 2.51. The van der Waals surface area contributed by atoms with Crippen molar-refractivity contribution in [2.75, 3.05) is 0 Å². The molecule has 254 valence electrons. The zero-order valence-electron chi connectivity index (χ0n) is 30.6. The average Bonchev–Trinajstić information content (AvgIpc) is 3.88. The van der Waals surface area contributed by atoms with Crippen LogP contribution in [0.3, 0.4) is 0 Å². The van der Waals surface area contributed by atoms with Gasteiger partial charge in [-0.3, -0.25) is 0 Å². The van der Waals surface area contributed by atoms with Crippen molar-refractivity contribution in [3.8, 4) is 22.3 Å². The number of rotatable bonds is 7. The Labute approximate surface area is 301 Å². The predicted molar refractivity (Wildman–Crippen MR) is 211 cm³/mol. The largest absolute Gasteiger partial charge is 0.0616 e. The normalized spacial score (nSPS) is 28.1. The summed E-state index contributed by atoms with van der Waals surface area (Å²) < 4.78 is 0. The molecule has 1 unspecified atom stereocenters. The molecule has 0 heterocycles. The zero-order chi connectivity index (χ0) is 33.6. The van der Waals surface area contributed by atoms with Crippen molar-refractivity contribution in [3.05, 3.63) is 129 Å². The maximum atomic E-state index is 2.67. The smallest absolute Gasteiger partial charge is 0.0317 e. The van der Waals surface area contributed by atoms with Gasteiger partial charge in [-0.25, -0.2) is 0 Å². The third-order valence-corrected chi connectivity index (χ3v) is 14.6. The Hall–Kier alpha value is -3.64. The Morgan fingerprint density at radius 2 is 1.32 bits per heavy atom. The standard InChI is InChI=1S/C50H54/c1-4-35-26-40-11-7-13-43(39-19-21-41(22-20-39)50-28-32-23-33(29-50)25-34(24-32)30-50)47(40)48(35)49-44-14-8-12-42(38-17-15-36(16-18-38)31(2)3)46(44)27-45(49)37-9-5-6-10-37/h7-8,11-22,27,31-34,37,49H,4-6,9-10,23-26,28-30H2,1-3H3. The molecule has 0 aliphatic heterocycles. The third-order valence-electron chi connectivity index (χ3n) is 14.6. The molecule has 0 saturated heterocycles. The van der Waals surface area contributed by atoms with Crippen molar-refractivity contribution in [2.24, 2.45) is 23.7 Å². The summed E-state index contributed by atoms with van der Waals surface area (Å²) in [7, 11) is 0. The summed E-state index contributed by atoms with van der Waals surface area (Å²) >= 11 is 0. The van der Waals surface area contributed by atoms with Crippen LogP contribution in [0, 0.1) is 23.7 Å². The molecule has 7 aliphatic rings. The maximum absolute atomic E-state index is 2.67. The van der Waals surface area contributed by atoms with Crippen LogP contribution in [0.2, 0.25) is 0 Å². The lowest BCUT2D eigenvalue weighted by atomic mass is 9.48. The lowest BCUT2D eigenvalue weighted by Crippen LogP contribution is -2.48. The van der Waals surface area contributed by atoms with Gasteiger partial charge in [0.05, 0.1) is 0 Å². The minimum atomic E-state index is 0.353. The summed E-state index contributed by atoms with van der Waals surface area (Å²) in [6, 6.07) is 34.0. The van der Waals surface area contributed by atoms with E-state index in [2.05, 4.69) is 112 Å². The number of hydrogen-bond acceptors (Lipinski definition) is 0. The van der Waals surface area contributed by atoms with Crippen molar-refractivity contribution in [3.63, 3.8) is 0 Å². The van der Waals surface area contributed by atoms with Gasteiger partial charge in [0.15, 0.2) is 0 Å². The molecule has 0 heteroatoms. The minimum Gasteiger partial charge on any atom is -0.0616 e. The highest BCUT2D eigenvalue weighted by atomic mass is 14.6. The van der Waals surface area contributed by atoms with Crippen molar-refractivity contribution < 1.29 is 0 Å². The lowest BCUT2D eigenvalue weighted by Gasteiger charge is -2.57. The molecular weight excluding hydrogens is 601 g/mol. The van der Waals surface area contributed by atoms with Gasteiger partial charge in [0.2, 0.25) is 0 Å². The minimum absolute atomic E-state index is 0.353. The maximum Gasteiger partial charge on any atom is 0.0317 e. The number of fused-ring (bicyclic) bond motifs is 2. The van der Waals surface area contributed by atoms with Gasteiger partial charge < -0.3 is 0 Å². The molecule has 0 spiro atoms. The van der Waals surface area contributed by atoms with Gasteiger partial charge >= 0.3 is 0 Å². The molecule has 11 rings (SSSR count). The van der Waals surface area contributed by atoms with Gasteiger partial charge in [0, 0.05) is 5.92 Å². The molecule has 0 amide bonds. The van der Waals surface area contributed by atoms with Crippen LogP contribution in [0.5, 0.6) is 0 Å². The third kappa shape index (κ3) is 4.91. The summed E-state index contributed by atoms with van der Waals surface area (Å²) in [6.07, 6.45) is 19.1. The van der Waals surface area contributed by atoms with Gasteiger partial charge in [-0.05, 0) is 160 Å². The molecule has 0 nitrogen and oxygen atoms in total. The number of hydrogen-bond donors (Lipinski definition) is 0. The first kappa shape index (κ1) is 31.1. The summed E-state index contributed by atoms with van der Waals surface area (Å²) in [5.74, 6) is 4.53. The lowest BCUT2D eigenvalue weighted by molar-refractivity contribution is -0.00518. The SMILES string of the molecule is CCC1=C(C2C(C3CCCC3)=Cc3c(-c4ccc(C(C)C)cc4)cccc32)c2c(cccc2-c2ccc(C34CC5CC(CC(C5)C3)C4)cc2)C1. The summed E-state index contributed by atoms with van der Waals surface area (Å²) in [5, 5.41) is 0. The molecule has 4 aromatic rings. The van der Waals surface area contributed by atoms with Crippen LogP contribution < -0.4 is 0 Å². The van der Waals surface area contributed by atoms with Crippen LogP contribution in [0.25, 0.3) is 33.9 Å². The van der Waals surface area contributed by atoms with Crippen molar-refractivity contribution in [1.29, 1.82) is 0 Å². The fraction of sp³-hybridized carbons (Fsp3) is 0.440. The summed E-state index contributed by atoms with van der Waals surface area (Å²) in [6.45, 7) is 6.99. The van der Waals surface area contributed by atoms with Crippen LogP contribution >= 0.6 is 0 Å². The second kappa shape index (κ2) is 12.0. The van der Waals surface area contributed by atoms with Gasteiger partial charge in [-0.1, -0.05) is 136 Å². The van der Waals surface area contributed by atoms with E-state index in [0.717, 1.165) is 30.6 Å². The van der Waals surface area contributed by atoms with E-state index in [-0.39, 0.29) is 0 Å². The van der Waals surface area contributed by atoms with Crippen molar-refractivity contribution in [2.45, 2.75) is 115 Å². The van der Waals surface area contributed by atoms with E-state index in [1.54, 1.807) is 33.4 Å². The Kier molecular flexibility index (Phi) is 7.45. The second-order valence-electron chi connectivity index (χ2n) is 17.8. The van der Waals surface area contributed by atoms with E-state index in [0.29, 0.717) is 23.2 Å². The van der Waals surface area contributed by atoms with Gasteiger partial charge in [0.25, 0.3) is 0 Å². The van der Waals surface area contributed by atoms with E-state index in [1.807, 2.05) is 0 Å². The molecule has 4 aromatic carbocycles. The molecule has 5 saturated carbocycles. The first-order chi connectivity index (χ1) is 24.5. The quantitative estimate of drug-likeness (QED) is 0.186. The van der Waals surface area contributed by atoms with Crippen molar-refractivity contribution in [1.82, 2.24) is 0 Å². The zero-order valence-corrected chi connectivity index (χ0v) is 30.6. The number of allylic oxidation sites excluding steroid dienone is 3. The van der Waals surface area contributed by atoms with E-state index < -0.39 is 0 Å². The molecule has 0 N–H and O–H groups in total. The molecule has 0 radical (unpaired) electrons. The Balaban J connectivity index is 1.07. The topological polar surface area (TPSA) is 0 Å². The Bertz CT molecular complexity index is 1970. The predicted octanol–water partition coefficient (Wildman–Crippen LogP) is 13.7. The van der Waals surface area contributed by atoms with Crippen LogP contribution in [0.4, 0.5) is 0 Å². The summed E-state index contributed by atoms with van der Waals surface area (Å²) in [4.78, 5) is 0. The first-order valence-corrected chi connectivity index (χ1v) is 20.4. The highest BCUT2D eigenvalue weighted by molar-refractivity contribution is 5.96. The molecule has 1 atom stereocenters. The first-order valence-electron chi connectivity index (χ1n) is 20.4. The molecule has 5 fully saturated rings. The van der Waals surface area contributed by atoms with Crippen LogP contribution in [0.15, 0.2) is 96.1 Å². The molecular formula is C50H54. The monoisotopic (exact) mass is 654 g/mol. The van der Waals surface area contributed by atoms with Crippen LogP contribution in [-0.4, -0.2) is 0 Å². The second-order valence-corrected chi connectivity index (χ2v) is 17.8. The fourth-order valence-electron chi connectivity index (χ4n) is 12.6. The highest BCUT2D eigenvalue weighted by Crippen LogP contribution is 2.61. The number of benzene rings is 4. The fourth-order valence-corrected chi connectivity index (χ4v) is 12.6. The van der Waals surface area contributed by atoms with Gasteiger partial charge in [0.1, 0.15) is 0 Å². The Morgan fingerprint density at radius 1 is 0.700 bits per heavy atom. The molecule has 0 aromatic heterocycles. The molecule has 7 aliphatic carbocycles. The molecule has 50 heavy (non-hydrogen) atoms. The van der Waals surface area contributed by atoms with E-state index in [4.69, 9.17) is 0 Å². The van der Waals surface area contributed by atoms with Gasteiger partial charge in [-0.2, -0.15) is 0 Å². The summed E-state index contributed by atoms with van der Waals surface area (Å²) in [5.41, 5.74) is 20.3.